The Morgan fingerprint density at radius 3 is 2.53 bits per heavy atom. The van der Waals surface area contributed by atoms with Crippen molar-refractivity contribution in [1.29, 1.82) is 0 Å². The molecular formula is C15H17NO3. The maximum absolute atomic E-state index is 11.3. The van der Waals surface area contributed by atoms with Crippen LogP contribution in [0.3, 0.4) is 0 Å². The third-order valence-electron chi connectivity index (χ3n) is 2.56. The average molecular weight is 259 g/mol. The zero-order valence-electron chi connectivity index (χ0n) is 11.5. The molecule has 0 amide bonds. The third-order valence-corrected chi connectivity index (χ3v) is 2.56. The second-order valence-electron chi connectivity index (χ2n) is 5.51. The molecule has 1 heterocycles. The van der Waals surface area contributed by atoms with Gasteiger partial charge in [-0.25, -0.2) is 4.79 Å². The lowest BCUT2D eigenvalue weighted by molar-refractivity contribution is 0.0699. The highest BCUT2D eigenvalue weighted by molar-refractivity contribution is 6.02. The van der Waals surface area contributed by atoms with E-state index >= 15 is 0 Å². The van der Waals surface area contributed by atoms with Gasteiger partial charge in [-0.1, -0.05) is 0 Å². The number of ether oxygens (including phenoxy) is 1. The molecule has 0 radical (unpaired) electrons. The van der Waals surface area contributed by atoms with Gasteiger partial charge in [0.2, 0.25) is 0 Å². The van der Waals surface area contributed by atoms with Gasteiger partial charge in [-0.15, -0.1) is 0 Å². The minimum Gasteiger partial charge on any atom is -0.488 e. The number of rotatable bonds is 2. The highest BCUT2D eigenvalue weighted by atomic mass is 16.5. The van der Waals surface area contributed by atoms with Crippen molar-refractivity contribution in [3.05, 3.63) is 35.5 Å². The van der Waals surface area contributed by atoms with E-state index < -0.39 is 5.97 Å². The summed E-state index contributed by atoms with van der Waals surface area (Å²) in [6.45, 7) is 7.62. The van der Waals surface area contributed by atoms with E-state index in [-0.39, 0.29) is 11.2 Å². The van der Waals surface area contributed by atoms with Crippen molar-refractivity contribution in [3.63, 3.8) is 0 Å². The highest BCUT2D eigenvalue weighted by Crippen LogP contribution is 2.26. The summed E-state index contributed by atoms with van der Waals surface area (Å²) < 4.78 is 5.75. The number of hydrogen-bond donors (Lipinski definition) is 1. The minimum atomic E-state index is -0.955. The van der Waals surface area contributed by atoms with E-state index in [1.165, 1.54) is 0 Å². The second kappa shape index (κ2) is 4.53. The van der Waals surface area contributed by atoms with Gasteiger partial charge < -0.3 is 9.84 Å². The number of aryl methyl sites for hydroxylation is 1. The minimum absolute atomic E-state index is 0.252. The standard InChI is InChI=1S/C15H17NO3/c1-9-7-12(14(17)18)11-8-10(19-15(2,3)4)5-6-13(11)16-9/h5-8H,1-4H3,(H,17,18). The third kappa shape index (κ3) is 3.02. The summed E-state index contributed by atoms with van der Waals surface area (Å²) in [5.41, 5.74) is 1.28. The largest absolute Gasteiger partial charge is 0.488 e. The van der Waals surface area contributed by atoms with Crippen molar-refractivity contribution >= 4 is 16.9 Å². The quantitative estimate of drug-likeness (QED) is 0.897. The first-order chi connectivity index (χ1) is 8.76. The van der Waals surface area contributed by atoms with Crippen LogP contribution >= 0.6 is 0 Å². The van der Waals surface area contributed by atoms with Gasteiger partial charge in [-0.2, -0.15) is 0 Å². The van der Waals surface area contributed by atoms with E-state index in [0.717, 1.165) is 0 Å². The van der Waals surface area contributed by atoms with Crippen LogP contribution < -0.4 is 4.74 Å². The molecule has 1 aromatic carbocycles. The SMILES string of the molecule is Cc1cc(C(=O)O)c2cc(OC(C)(C)C)ccc2n1. The maximum Gasteiger partial charge on any atom is 0.336 e. The number of aromatic carboxylic acids is 1. The van der Waals surface area contributed by atoms with Gasteiger partial charge >= 0.3 is 5.97 Å². The van der Waals surface area contributed by atoms with E-state index in [0.29, 0.717) is 22.3 Å². The number of fused-ring (bicyclic) bond motifs is 1. The second-order valence-corrected chi connectivity index (χ2v) is 5.51. The molecule has 0 aliphatic rings. The number of carboxylic acids is 1. The van der Waals surface area contributed by atoms with E-state index in [2.05, 4.69) is 4.98 Å². The van der Waals surface area contributed by atoms with Crippen LogP contribution in [0.25, 0.3) is 10.9 Å². The topological polar surface area (TPSA) is 59.4 Å². The maximum atomic E-state index is 11.3. The molecule has 0 unspecified atom stereocenters. The van der Waals surface area contributed by atoms with Gasteiger partial charge in [0.15, 0.2) is 0 Å². The van der Waals surface area contributed by atoms with Gasteiger partial charge in [-0.3, -0.25) is 4.98 Å². The van der Waals surface area contributed by atoms with Gasteiger partial charge in [0, 0.05) is 11.1 Å². The summed E-state index contributed by atoms with van der Waals surface area (Å²) in [5.74, 6) is -0.309. The molecule has 2 rings (SSSR count). The summed E-state index contributed by atoms with van der Waals surface area (Å²) in [6.07, 6.45) is 0. The number of nitrogens with zero attached hydrogens (tertiary/aromatic N) is 1. The van der Waals surface area contributed by atoms with Crippen LogP contribution in [0.2, 0.25) is 0 Å². The van der Waals surface area contributed by atoms with Crippen molar-refractivity contribution in [2.75, 3.05) is 0 Å². The molecule has 1 N–H and O–H groups in total. The van der Waals surface area contributed by atoms with Crippen molar-refractivity contribution < 1.29 is 14.6 Å². The van der Waals surface area contributed by atoms with Crippen molar-refractivity contribution in [3.8, 4) is 5.75 Å². The van der Waals surface area contributed by atoms with Crippen molar-refractivity contribution in [2.24, 2.45) is 0 Å². The fourth-order valence-electron chi connectivity index (χ4n) is 1.93. The zero-order valence-corrected chi connectivity index (χ0v) is 11.5. The van der Waals surface area contributed by atoms with Gasteiger partial charge in [0.1, 0.15) is 11.4 Å². The number of benzene rings is 1. The van der Waals surface area contributed by atoms with Crippen LogP contribution in [-0.2, 0) is 0 Å². The predicted octanol–water partition coefficient (Wildman–Crippen LogP) is 3.42. The molecular weight excluding hydrogens is 242 g/mol. The summed E-state index contributed by atoms with van der Waals surface area (Å²) in [5, 5.41) is 9.86. The molecule has 4 nitrogen and oxygen atoms in total. The monoisotopic (exact) mass is 259 g/mol. The first-order valence-corrected chi connectivity index (χ1v) is 6.10. The summed E-state index contributed by atoms with van der Waals surface area (Å²) in [4.78, 5) is 15.6. The Hall–Kier alpha value is -2.10. The van der Waals surface area contributed by atoms with Crippen LogP contribution in [0.4, 0.5) is 0 Å². The Labute approximate surface area is 112 Å². The number of hydrogen-bond acceptors (Lipinski definition) is 3. The Bertz CT molecular complexity index is 642. The lowest BCUT2D eigenvalue weighted by Crippen LogP contribution is -2.22. The van der Waals surface area contributed by atoms with Crippen LogP contribution in [0.15, 0.2) is 24.3 Å². The Balaban J connectivity index is 2.61. The molecule has 0 fully saturated rings. The van der Waals surface area contributed by atoms with E-state index in [4.69, 9.17) is 4.74 Å². The molecule has 2 aromatic rings. The molecule has 0 spiro atoms. The average Bonchev–Trinajstić information content (AvgIpc) is 2.26. The Kier molecular flexibility index (Phi) is 3.18. The van der Waals surface area contributed by atoms with Gasteiger partial charge in [0.05, 0.1) is 11.1 Å². The molecule has 4 heteroatoms. The molecule has 1 aromatic heterocycles. The van der Waals surface area contributed by atoms with Crippen LogP contribution in [0.1, 0.15) is 36.8 Å². The number of aromatic nitrogens is 1. The predicted molar refractivity (Wildman–Crippen MR) is 73.8 cm³/mol. The first kappa shape index (κ1) is 13.3. The highest BCUT2D eigenvalue weighted by Gasteiger charge is 2.15. The summed E-state index contributed by atoms with van der Waals surface area (Å²) in [7, 11) is 0. The Morgan fingerprint density at radius 1 is 1.26 bits per heavy atom. The smallest absolute Gasteiger partial charge is 0.336 e. The Morgan fingerprint density at radius 2 is 1.95 bits per heavy atom. The van der Waals surface area contributed by atoms with Crippen LogP contribution in [0.5, 0.6) is 5.75 Å². The summed E-state index contributed by atoms with van der Waals surface area (Å²) >= 11 is 0. The number of carboxylic acid groups (broad SMARTS) is 1. The lowest BCUT2D eigenvalue weighted by atomic mass is 10.1. The van der Waals surface area contributed by atoms with Gasteiger partial charge in [0.25, 0.3) is 0 Å². The zero-order chi connectivity index (χ0) is 14.2. The van der Waals surface area contributed by atoms with E-state index in [1.54, 1.807) is 25.1 Å². The molecule has 0 saturated heterocycles. The first-order valence-electron chi connectivity index (χ1n) is 6.10. The molecule has 0 aliphatic carbocycles. The molecule has 0 atom stereocenters. The lowest BCUT2D eigenvalue weighted by Gasteiger charge is -2.21. The van der Waals surface area contributed by atoms with Gasteiger partial charge in [-0.05, 0) is 52.0 Å². The molecule has 100 valence electrons. The van der Waals surface area contributed by atoms with Crippen LogP contribution in [-0.4, -0.2) is 21.7 Å². The van der Waals surface area contributed by atoms with E-state index in [1.807, 2.05) is 26.8 Å². The fourth-order valence-corrected chi connectivity index (χ4v) is 1.93. The molecule has 0 aliphatic heterocycles. The normalized spacial score (nSPS) is 11.6. The van der Waals surface area contributed by atoms with Crippen molar-refractivity contribution in [1.82, 2.24) is 4.98 Å². The molecule has 19 heavy (non-hydrogen) atoms. The molecule has 0 saturated carbocycles. The molecule has 0 bridgehead atoms. The van der Waals surface area contributed by atoms with Crippen LogP contribution in [0, 0.1) is 6.92 Å². The van der Waals surface area contributed by atoms with Crippen molar-refractivity contribution in [2.45, 2.75) is 33.3 Å². The summed E-state index contributed by atoms with van der Waals surface area (Å²) in [6, 6.07) is 6.91. The fraction of sp³-hybridized carbons (Fsp3) is 0.333. The van der Waals surface area contributed by atoms with E-state index in [9.17, 15) is 9.90 Å². The number of pyridine rings is 1. The number of carbonyl (C=O) groups is 1.